The molecule has 0 N–H and O–H groups in total. The van der Waals surface area contributed by atoms with E-state index in [1.165, 1.54) is 6.07 Å². The van der Waals surface area contributed by atoms with Gasteiger partial charge in [0.2, 0.25) is 0 Å². The summed E-state index contributed by atoms with van der Waals surface area (Å²) in [6, 6.07) is 4.70. The third-order valence-corrected chi connectivity index (χ3v) is 4.39. The summed E-state index contributed by atoms with van der Waals surface area (Å²) >= 11 is 5.95. The number of rotatable bonds is 2. The molecule has 0 aliphatic heterocycles. The molecule has 0 spiro atoms. The van der Waals surface area contributed by atoms with E-state index in [2.05, 4.69) is 0 Å². The molecule has 0 aromatic heterocycles. The van der Waals surface area contributed by atoms with Gasteiger partial charge in [0.25, 0.3) is 0 Å². The fraction of sp³-hybridized carbons (Fsp3) is 0.533. The fourth-order valence-electron chi connectivity index (χ4n) is 2.80. The number of hydrogen-bond donors (Lipinski definition) is 0. The van der Waals surface area contributed by atoms with Gasteiger partial charge in [-0.15, -0.1) is 0 Å². The minimum absolute atomic E-state index is 0.0412. The molecular weight excluding hydrogens is 289 g/mol. The van der Waals surface area contributed by atoms with Gasteiger partial charge in [0.05, 0.1) is 5.92 Å². The van der Waals surface area contributed by atoms with Gasteiger partial charge >= 0.3 is 6.18 Å². The van der Waals surface area contributed by atoms with Crippen LogP contribution in [0, 0.1) is 18.8 Å². The molecule has 0 amide bonds. The van der Waals surface area contributed by atoms with Gasteiger partial charge in [-0.2, -0.15) is 13.2 Å². The molecule has 1 aliphatic carbocycles. The average Bonchev–Trinajstić information content (AvgIpc) is 2.40. The lowest BCUT2D eigenvalue weighted by atomic mass is 9.75. The highest BCUT2D eigenvalue weighted by Gasteiger charge is 2.48. The van der Waals surface area contributed by atoms with Crippen molar-refractivity contribution in [3.05, 3.63) is 34.3 Å². The van der Waals surface area contributed by atoms with E-state index in [1.807, 2.05) is 0 Å². The Morgan fingerprint density at radius 1 is 1.25 bits per heavy atom. The Morgan fingerprint density at radius 2 is 1.90 bits per heavy atom. The van der Waals surface area contributed by atoms with Crippen molar-refractivity contribution in [2.45, 2.75) is 38.8 Å². The van der Waals surface area contributed by atoms with Crippen molar-refractivity contribution in [2.75, 3.05) is 0 Å². The number of carbonyl (C=O) groups excluding carboxylic acids is 1. The molecule has 1 aliphatic rings. The molecule has 1 aromatic rings. The third kappa shape index (κ3) is 3.17. The van der Waals surface area contributed by atoms with Gasteiger partial charge in [-0.1, -0.05) is 36.6 Å². The predicted molar refractivity (Wildman–Crippen MR) is 72.0 cm³/mol. The maximum atomic E-state index is 13.0. The molecule has 1 nitrogen and oxygen atoms in total. The fourth-order valence-corrected chi connectivity index (χ4v) is 2.98. The molecule has 1 fully saturated rings. The summed E-state index contributed by atoms with van der Waals surface area (Å²) in [5.41, 5.74) is 1.08. The number of benzene rings is 1. The molecule has 20 heavy (non-hydrogen) atoms. The quantitative estimate of drug-likeness (QED) is 0.686. The van der Waals surface area contributed by atoms with Crippen molar-refractivity contribution < 1.29 is 18.0 Å². The second-order valence-electron chi connectivity index (χ2n) is 5.37. The first kappa shape index (κ1) is 15.4. The van der Waals surface area contributed by atoms with E-state index in [0.717, 1.165) is 5.56 Å². The van der Waals surface area contributed by atoms with E-state index in [-0.39, 0.29) is 12.0 Å². The smallest absolute Gasteiger partial charge is 0.294 e. The number of alkyl halides is 3. The average molecular weight is 305 g/mol. The summed E-state index contributed by atoms with van der Waals surface area (Å²) in [5, 5.41) is 0.412. The van der Waals surface area contributed by atoms with Gasteiger partial charge in [0, 0.05) is 16.5 Å². The Bertz CT molecular complexity index is 510. The number of halogens is 4. The normalized spacial score (nSPS) is 23.6. The van der Waals surface area contributed by atoms with Gasteiger partial charge in [-0.05, 0) is 31.4 Å². The number of aryl methyl sites for hydroxylation is 1. The summed E-state index contributed by atoms with van der Waals surface area (Å²) in [4.78, 5) is 12.4. The lowest BCUT2D eigenvalue weighted by molar-refractivity contribution is -0.190. The second-order valence-corrected chi connectivity index (χ2v) is 5.77. The molecule has 0 saturated heterocycles. The highest BCUT2D eigenvalue weighted by atomic mass is 35.5. The van der Waals surface area contributed by atoms with Crippen LogP contribution in [0.2, 0.25) is 5.02 Å². The zero-order chi connectivity index (χ0) is 14.9. The molecule has 2 atom stereocenters. The van der Waals surface area contributed by atoms with Crippen LogP contribution in [-0.4, -0.2) is 12.0 Å². The van der Waals surface area contributed by atoms with E-state index in [4.69, 9.17) is 11.6 Å². The zero-order valence-corrected chi connectivity index (χ0v) is 11.9. The van der Waals surface area contributed by atoms with Crippen molar-refractivity contribution in [3.8, 4) is 0 Å². The van der Waals surface area contributed by atoms with Gasteiger partial charge in [0.15, 0.2) is 5.78 Å². The third-order valence-electron chi connectivity index (χ3n) is 3.98. The molecule has 2 unspecified atom stereocenters. The van der Waals surface area contributed by atoms with Crippen LogP contribution in [0.3, 0.4) is 0 Å². The van der Waals surface area contributed by atoms with E-state index in [0.29, 0.717) is 24.3 Å². The summed E-state index contributed by atoms with van der Waals surface area (Å²) in [5.74, 6) is -2.93. The SMILES string of the molecule is Cc1ccc(C(=O)C2CCCCC2C(F)(F)F)cc1Cl. The molecular formula is C15H16ClF3O. The van der Waals surface area contributed by atoms with Crippen LogP contribution in [0.25, 0.3) is 0 Å². The van der Waals surface area contributed by atoms with Crippen molar-refractivity contribution in [1.82, 2.24) is 0 Å². The summed E-state index contributed by atoms with van der Waals surface area (Å²) < 4.78 is 39.1. The predicted octanol–water partition coefficient (Wildman–Crippen LogP) is 5.20. The van der Waals surface area contributed by atoms with Crippen LogP contribution in [0.15, 0.2) is 18.2 Å². The van der Waals surface area contributed by atoms with Crippen LogP contribution >= 0.6 is 11.6 Å². The van der Waals surface area contributed by atoms with Gasteiger partial charge in [-0.3, -0.25) is 4.79 Å². The van der Waals surface area contributed by atoms with Gasteiger partial charge in [-0.25, -0.2) is 0 Å². The first-order chi connectivity index (χ1) is 9.30. The first-order valence-corrected chi connectivity index (χ1v) is 7.05. The summed E-state index contributed by atoms with van der Waals surface area (Å²) in [6.07, 6.45) is -2.77. The number of carbonyl (C=O) groups is 1. The van der Waals surface area contributed by atoms with E-state index in [1.54, 1.807) is 19.1 Å². The van der Waals surface area contributed by atoms with Crippen LogP contribution in [0.4, 0.5) is 13.2 Å². The number of ketones is 1. The van der Waals surface area contributed by atoms with Crippen molar-refractivity contribution in [3.63, 3.8) is 0 Å². The van der Waals surface area contributed by atoms with E-state index >= 15 is 0 Å². The lowest BCUT2D eigenvalue weighted by Crippen LogP contribution is -2.37. The summed E-state index contributed by atoms with van der Waals surface area (Å²) in [6.45, 7) is 1.79. The van der Waals surface area contributed by atoms with Gasteiger partial charge in [0.1, 0.15) is 0 Å². The van der Waals surface area contributed by atoms with Crippen molar-refractivity contribution >= 4 is 17.4 Å². The molecule has 5 heteroatoms. The minimum Gasteiger partial charge on any atom is -0.294 e. The highest BCUT2D eigenvalue weighted by molar-refractivity contribution is 6.31. The molecule has 1 saturated carbocycles. The highest BCUT2D eigenvalue weighted by Crippen LogP contribution is 2.42. The minimum atomic E-state index is -4.31. The maximum absolute atomic E-state index is 13.0. The molecule has 2 rings (SSSR count). The molecule has 0 bridgehead atoms. The Kier molecular flexibility index (Phi) is 4.43. The van der Waals surface area contributed by atoms with Crippen LogP contribution in [0.5, 0.6) is 0 Å². The van der Waals surface area contributed by atoms with Crippen molar-refractivity contribution in [1.29, 1.82) is 0 Å². The maximum Gasteiger partial charge on any atom is 0.392 e. The van der Waals surface area contributed by atoms with Crippen LogP contribution < -0.4 is 0 Å². The molecule has 0 heterocycles. The Balaban J connectivity index is 2.27. The Morgan fingerprint density at radius 3 is 2.50 bits per heavy atom. The van der Waals surface area contributed by atoms with Crippen molar-refractivity contribution in [2.24, 2.45) is 11.8 Å². The topological polar surface area (TPSA) is 17.1 Å². The Hall–Kier alpha value is -1.03. The Labute approximate surface area is 121 Å². The van der Waals surface area contributed by atoms with Crippen LogP contribution in [0.1, 0.15) is 41.6 Å². The number of Topliss-reactive ketones (excluding diaryl/α,β-unsaturated/α-hetero) is 1. The van der Waals surface area contributed by atoms with Crippen LogP contribution in [-0.2, 0) is 0 Å². The van der Waals surface area contributed by atoms with E-state index < -0.39 is 23.8 Å². The zero-order valence-electron chi connectivity index (χ0n) is 11.1. The summed E-state index contributed by atoms with van der Waals surface area (Å²) in [7, 11) is 0. The first-order valence-electron chi connectivity index (χ1n) is 6.68. The monoisotopic (exact) mass is 304 g/mol. The van der Waals surface area contributed by atoms with E-state index in [9.17, 15) is 18.0 Å². The largest absolute Gasteiger partial charge is 0.392 e. The molecule has 110 valence electrons. The number of hydrogen-bond acceptors (Lipinski definition) is 1. The standard InChI is InChI=1S/C15H16ClF3O/c1-9-6-7-10(8-13(9)16)14(20)11-4-2-3-5-12(11)15(17,18)19/h6-8,11-12H,2-5H2,1H3. The molecule has 0 radical (unpaired) electrons. The lowest BCUT2D eigenvalue weighted by Gasteiger charge is -2.32. The van der Waals surface area contributed by atoms with Gasteiger partial charge < -0.3 is 0 Å². The second kappa shape index (κ2) is 5.76. The molecule has 1 aromatic carbocycles.